The standard InChI is InChI=1S/C17H25N3/c1-4-6-11-20(5-2)13-16-12-18-19-17(16)15-9-7-14(3)8-10-15/h7-10,12H,4-6,11,13H2,1-3H3,(H,18,19). The zero-order valence-corrected chi connectivity index (χ0v) is 12.8. The van der Waals surface area contributed by atoms with Gasteiger partial charge in [0, 0.05) is 12.1 Å². The Morgan fingerprint density at radius 3 is 2.55 bits per heavy atom. The number of aryl methyl sites for hydroxylation is 1. The molecule has 0 unspecified atom stereocenters. The van der Waals surface area contributed by atoms with Crippen molar-refractivity contribution in [3.63, 3.8) is 0 Å². The third kappa shape index (κ3) is 3.70. The second kappa shape index (κ2) is 7.25. The van der Waals surface area contributed by atoms with E-state index in [2.05, 4.69) is 60.1 Å². The van der Waals surface area contributed by atoms with Gasteiger partial charge in [-0.3, -0.25) is 10.00 Å². The van der Waals surface area contributed by atoms with E-state index in [4.69, 9.17) is 0 Å². The number of hydrogen-bond acceptors (Lipinski definition) is 2. The van der Waals surface area contributed by atoms with E-state index in [0.29, 0.717) is 0 Å². The third-order valence-electron chi connectivity index (χ3n) is 3.73. The summed E-state index contributed by atoms with van der Waals surface area (Å²) in [7, 11) is 0. The SMILES string of the molecule is CCCCN(CC)Cc1cn[nH]c1-c1ccc(C)cc1. The first-order chi connectivity index (χ1) is 9.74. The van der Waals surface area contributed by atoms with Crippen LogP contribution in [0.25, 0.3) is 11.3 Å². The number of aromatic amines is 1. The van der Waals surface area contributed by atoms with E-state index in [1.165, 1.54) is 29.5 Å². The lowest BCUT2D eigenvalue weighted by molar-refractivity contribution is 0.276. The average Bonchev–Trinajstić information content (AvgIpc) is 2.92. The van der Waals surface area contributed by atoms with Gasteiger partial charge in [-0.15, -0.1) is 0 Å². The van der Waals surface area contributed by atoms with Crippen molar-refractivity contribution < 1.29 is 0 Å². The van der Waals surface area contributed by atoms with Gasteiger partial charge in [0.15, 0.2) is 0 Å². The molecule has 1 aromatic heterocycles. The van der Waals surface area contributed by atoms with Crippen LogP contribution in [-0.4, -0.2) is 28.2 Å². The second-order valence-electron chi connectivity index (χ2n) is 5.36. The Morgan fingerprint density at radius 1 is 1.15 bits per heavy atom. The first-order valence-corrected chi connectivity index (χ1v) is 7.56. The minimum atomic E-state index is 0.968. The van der Waals surface area contributed by atoms with Crippen LogP contribution in [0.4, 0.5) is 0 Å². The van der Waals surface area contributed by atoms with Crippen molar-refractivity contribution in [3.05, 3.63) is 41.6 Å². The summed E-state index contributed by atoms with van der Waals surface area (Å²) >= 11 is 0. The van der Waals surface area contributed by atoms with Crippen LogP contribution in [0.15, 0.2) is 30.5 Å². The number of nitrogens with one attached hydrogen (secondary N) is 1. The fraction of sp³-hybridized carbons (Fsp3) is 0.471. The number of hydrogen-bond donors (Lipinski definition) is 1. The average molecular weight is 271 g/mol. The van der Waals surface area contributed by atoms with Gasteiger partial charge in [-0.05, 0) is 32.0 Å². The first kappa shape index (κ1) is 14.8. The van der Waals surface area contributed by atoms with Crippen LogP contribution in [-0.2, 0) is 6.54 Å². The summed E-state index contributed by atoms with van der Waals surface area (Å²) in [5.41, 5.74) is 4.94. The van der Waals surface area contributed by atoms with E-state index >= 15 is 0 Å². The maximum Gasteiger partial charge on any atom is 0.0695 e. The van der Waals surface area contributed by atoms with Crippen molar-refractivity contribution >= 4 is 0 Å². The monoisotopic (exact) mass is 271 g/mol. The second-order valence-corrected chi connectivity index (χ2v) is 5.36. The molecule has 0 aliphatic heterocycles. The third-order valence-corrected chi connectivity index (χ3v) is 3.73. The van der Waals surface area contributed by atoms with E-state index in [9.17, 15) is 0 Å². The molecule has 1 heterocycles. The summed E-state index contributed by atoms with van der Waals surface area (Å²) < 4.78 is 0. The molecule has 2 rings (SSSR count). The molecule has 0 saturated heterocycles. The normalized spacial score (nSPS) is 11.2. The molecule has 1 aromatic carbocycles. The maximum atomic E-state index is 4.24. The van der Waals surface area contributed by atoms with E-state index in [1.807, 2.05) is 6.20 Å². The van der Waals surface area contributed by atoms with E-state index in [1.54, 1.807) is 0 Å². The lowest BCUT2D eigenvalue weighted by Gasteiger charge is -2.20. The Bertz CT molecular complexity index is 513. The highest BCUT2D eigenvalue weighted by Gasteiger charge is 2.11. The Labute approximate surface area is 122 Å². The number of unbranched alkanes of at least 4 members (excludes halogenated alkanes) is 1. The Morgan fingerprint density at radius 2 is 1.90 bits per heavy atom. The Hall–Kier alpha value is -1.61. The quantitative estimate of drug-likeness (QED) is 0.825. The molecule has 0 aliphatic rings. The van der Waals surface area contributed by atoms with Crippen molar-refractivity contribution in [3.8, 4) is 11.3 Å². The number of aromatic nitrogens is 2. The number of nitrogens with zero attached hydrogens (tertiary/aromatic N) is 2. The zero-order valence-electron chi connectivity index (χ0n) is 12.8. The highest BCUT2D eigenvalue weighted by molar-refractivity contribution is 5.62. The lowest BCUT2D eigenvalue weighted by atomic mass is 10.1. The summed E-state index contributed by atoms with van der Waals surface area (Å²) in [6.45, 7) is 9.78. The molecular weight excluding hydrogens is 246 g/mol. The van der Waals surface area contributed by atoms with Crippen molar-refractivity contribution in [1.29, 1.82) is 0 Å². The molecule has 0 atom stereocenters. The predicted molar refractivity (Wildman–Crippen MR) is 84.6 cm³/mol. The largest absolute Gasteiger partial charge is 0.299 e. The summed E-state index contributed by atoms with van der Waals surface area (Å²) in [5.74, 6) is 0. The Kier molecular flexibility index (Phi) is 5.36. The predicted octanol–water partition coefficient (Wildman–Crippen LogP) is 4.01. The summed E-state index contributed by atoms with van der Waals surface area (Å²) in [4.78, 5) is 2.48. The number of rotatable bonds is 7. The van der Waals surface area contributed by atoms with Gasteiger partial charge in [0.25, 0.3) is 0 Å². The maximum absolute atomic E-state index is 4.24. The summed E-state index contributed by atoms with van der Waals surface area (Å²) in [6.07, 6.45) is 4.46. The molecule has 0 bridgehead atoms. The molecule has 1 N–H and O–H groups in total. The molecule has 0 aliphatic carbocycles. The van der Waals surface area contributed by atoms with Crippen molar-refractivity contribution in [2.45, 2.75) is 40.2 Å². The summed E-state index contributed by atoms with van der Waals surface area (Å²) in [6, 6.07) is 8.62. The van der Waals surface area contributed by atoms with Crippen LogP contribution in [0.2, 0.25) is 0 Å². The van der Waals surface area contributed by atoms with Gasteiger partial charge in [0.1, 0.15) is 0 Å². The van der Waals surface area contributed by atoms with E-state index in [-0.39, 0.29) is 0 Å². The highest BCUT2D eigenvalue weighted by atomic mass is 15.1. The van der Waals surface area contributed by atoms with Crippen LogP contribution >= 0.6 is 0 Å². The van der Waals surface area contributed by atoms with Crippen molar-refractivity contribution in [2.75, 3.05) is 13.1 Å². The first-order valence-electron chi connectivity index (χ1n) is 7.56. The van der Waals surface area contributed by atoms with Crippen LogP contribution < -0.4 is 0 Å². The molecule has 20 heavy (non-hydrogen) atoms. The fourth-order valence-corrected chi connectivity index (χ4v) is 2.37. The molecule has 0 fully saturated rings. The van der Waals surface area contributed by atoms with Crippen molar-refractivity contribution in [1.82, 2.24) is 15.1 Å². The van der Waals surface area contributed by atoms with Crippen LogP contribution in [0.3, 0.4) is 0 Å². The molecule has 0 spiro atoms. The molecule has 0 radical (unpaired) electrons. The van der Waals surface area contributed by atoms with Crippen molar-refractivity contribution in [2.24, 2.45) is 0 Å². The molecule has 3 heteroatoms. The fourth-order valence-electron chi connectivity index (χ4n) is 2.37. The van der Waals surface area contributed by atoms with Gasteiger partial charge >= 0.3 is 0 Å². The Balaban J connectivity index is 2.13. The minimum absolute atomic E-state index is 0.968. The van der Waals surface area contributed by atoms with Gasteiger partial charge in [-0.1, -0.05) is 50.1 Å². The van der Waals surface area contributed by atoms with Gasteiger partial charge in [0.05, 0.1) is 11.9 Å². The smallest absolute Gasteiger partial charge is 0.0695 e. The number of benzene rings is 1. The minimum Gasteiger partial charge on any atom is -0.299 e. The van der Waals surface area contributed by atoms with Crippen LogP contribution in [0, 0.1) is 6.92 Å². The molecule has 2 aromatic rings. The zero-order chi connectivity index (χ0) is 14.4. The van der Waals surface area contributed by atoms with E-state index < -0.39 is 0 Å². The van der Waals surface area contributed by atoms with Crippen LogP contribution in [0.1, 0.15) is 37.8 Å². The van der Waals surface area contributed by atoms with Gasteiger partial charge in [-0.25, -0.2) is 0 Å². The molecular formula is C17H25N3. The van der Waals surface area contributed by atoms with Gasteiger partial charge in [-0.2, -0.15) is 5.10 Å². The van der Waals surface area contributed by atoms with Gasteiger partial charge < -0.3 is 0 Å². The highest BCUT2D eigenvalue weighted by Crippen LogP contribution is 2.22. The summed E-state index contributed by atoms with van der Waals surface area (Å²) in [5, 5.41) is 7.39. The molecule has 108 valence electrons. The molecule has 0 saturated carbocycles. The van der Waals surface area contributed by atoms with E-state index in [0.717, 1.165) is 25.3 Å². The molecule has 0 amide bonds. The topological polar surface area (TPSA) is 31.9 Å². The number of H-pyrrole nitrogens is 1. The lowest BCUT2D eigenvalue weighted by Crippen LogP contribution is -2.24. The molecule has 3 nitrogen and oxygen atoms in total. The van der Waals surface area contributed by atoms with Gasteiger partial charge in [0.2, 0.25) is 0 Å². The van der Waals surface area contributed by atoms with Crippen LogP contribution in [0.5, 0.6) is 0 Å².